The van der Waals surface area contributed by atoms with Gasteiger partial charge in [-0.05, 0) is 30.7 Å². The van der Waals surface area contributed by atoms with Gasteiger partial charge < -0.3 is 5.32 Å². The van der Waals surface area contributed by atoms with Crippen molar-refractivity contribution in [3.8, 4) is 0 Å². The molecule has 0 aromatic heterocycles. The first kappa shape index (κ1) is 14.7. The van der Waals surface area contributed by atoms with Gasteiger partial charge in [-0.3, -0.25) is 10.1 Å². The molecule has 1 aliphatic carbocycles. The summed E-state index contributed by atoms with van der Waals surface area (Å²) in [4.78, 5) is 10.00. The first-order valence-electron chi connectivity index (χ1n) is 6.61. The predicted octanol–water partition coefficient (Wildman–Crippen LogP) is 4.52. The minimum absolute atomic E-state index is 0.143. The molecule has 1 unspecified atom stereocenters. The molecular formula is C14H18F2N2O2. The molecular weight excluding hydrogens is 266 g/mol. The molecule has 110 valence electrons. The van der Waals surface area contributed by atoms with Crippen molar-refractivity contribution in [3.63, 3.8) is 0 Å². The van der Waals surface area contributed by atoms with Crippen LogP contribution in [0, 0.1) is 15.5 Å². The second-order valence-corrected chi connectivity index (χ2v) is 6.08. The Morgan fingerprint density at radius 3 is 2.65 bits per heavy atom. The highest BCUT2D eigenvalue weighted by molar-refractivity contribution is 5.57. The molecule has 0 bridgehead atoms. The van der Waals surface area contributed by atoms with Crippen molar-refractivity contribution in [2.24, 2.45) is 5.41 Å². The van der Waals surface area contributed by atoms with E-state index in [0.717, 1.165) is 25.3 Å². The summed E-state index contributed by atoms with van der Waals surface area (Å²) in [5, 5.41) is 13.8. The van der Waals surface area contributed by atoms with Crippen molar-refractivity contribution in [2.75, 3.05) is 5.32 Å². The molecule has 1 aromatic rings. The van der Waals surface area contributed by atoms with E-state index in [-0.39, 0.29) is 22.7 Å². The highest BCUT2D eigenvalue weighted by Gasteiger charge is 2.31. The normalized spacial score (nSPS) is 21.1. The lowest BCUT2D eigenvalue weighted by Gasteiger charge is -2.20. The number of halogens is 2. The SMILES string of the molecule is CC1(C)CCC(Nc2ccc([N+](=O)[O-])cc2C(F)F)C1. The number of nitrogens with zero attached hydrogens (tertiary/aromatic N) is 1. The van der Waals surface area contributed by atoms with Gasteiger partial charge in [-0.2, -0.15) is 0 Å². The van der Waals surface area contributed by atoms with Crippen LogP contribution in [0.15, 0.2) is 18.2 Å². The fourth-order valence-electron chi connectivity index (χ4n) is 2.75. The maximum Gasteiger partial charge on any atom is 0.270 e. The summed E-state index contributed by atoms with van der Waals surface area (Å²) in [6, 6.07) is 3.73. The van der Waals surface area contributed by atoms with Crippen LogP contribution in [0.2, 0.25) is 0 Å². The summed E-state index contributed by atoms with van der Waals surface area (Å²) in [7, 11) is 0. The largest absolute Gasteiger partial charge is 0.382 e. The molecule has 1 aromatic carbocycles. The maximum absolute atomic E-state index is 13.0. The summed E-state index contributed by atoms with van der Waals surface area (Å²) in [5.74, 6) is 0. The third kappa shape index (κ3) is 3.23. The van der Waals surface area contributed by atoms with E-state index in [1.54, 1.807) is 0 Å². The Bertz CT molecular complexity index is 518. The molecule has 1 saturated carbocycles. The van der Waals surface area contributed by atoms with Crippen molar-refractivity contribution < 1.29 is 13.7 Å². The summed E-state index contributed by atoms with van der Waals surface area (Å²) >= 11 is 0. The quantitative estimate of drug-likeness (QED) is 0.653. The van der Waals surface area contributed by atoms with Crippen molar-refractivity contribution in [1.29, 1.82) is 0 Å². The molecule has 2 rings (SSSR count). The predicted molar refractivity (Wildman–Crippen MR) is 73.1 cm³/mol. The number of benzene rings is 1. The van der Waals surface area contributed by atoms with Crippen LogP contribution in [-0.2, 0) is 0 Å². The summed E-state index contributed by atoms with van der Waals surface area (Å²) < 4.78 is 26.1. The van der Waals surface area contributed by atoms with Crippen LogP contribution in [-0.4, -0.2) is 11.0 Å². The first-order valence-corrected chi connectivity index (χ1v) is 6.61. The topological polar surface area (TPSA) is 55.2 Å². The summed E-state index contributed by atoms with van der Waals surface area (Å²) in [5.41, 5.74) is -0.0986. The van der Waals surface area contributed by atoms with Crippen LogP contribution < -0.4 is 5.32 Å². The molecule has 0 spiro atoms. The van der Waals surface area contributed by atoms with Gasteiger partial charge in [-0.1, -0.05) is 13.8 Å². The second-order valence-electron chi connectivity index (χ2n) is 6.08. The zero-order valence-corrected chi connectivity index (χ0v) is 11.5. The monoisotopic (exact) mass is 284 g/mol. The van der Waals surface area contributed by atoms with Crippen LogP contribution in [0.1, 0.15) is 45.1 Å². The van der Waals surface area contributed by atoms with E-state index in [9.17, 15) is 18.9 Å². The number of alkyl halides is 2. The van der Waals surface area contributed by atoms with E-state index >= 15 is 0 Å². The Kier molecular flexibility index (Phi) is 3.92. The van der Waals surface area contributed by atoms with Gasteiger partial charge >= 0.3 is 0 Å². The van der Waals surface area contributed by atoms with Gasteiger partial charge in [0.05, 0.1) is 4.92 Å². The molecule has 1 aliphatic rings. The molecule has 0 aliphatic heterocycles. The van der Waals surface area contributed by atoms with Gasteiger partial charge in [0, 0.05) is 29.4 Å². The number of nitro benzene ring substituents is 1. The average Bonchev–Trinajstić information content (AvgIpc) is 2.68. The second kappa shape index (κ2) is 5.34. The third-order valence-corrected chi connectivity index (χ3v) is 3.81. The van der Waals surface area contributed by atoms with Crippen LogP contribution >= 0.6 is 0 Å². The Labute approximate surface area is 116 Å². The van der Waals surface area contributed by atoms with Gasteiger partial charge in [-0.25, -0.2) is 8.78 Å². The maximum atomic E-state index is 13.0. The summed E-state index contributed by atoms with van der Waals surface area (Å²) in [6.45, 7) is 4.30. The molecule has 4 nitrogen and oxygen atoms in total. The summed E-state index contributed by atoms with van der Waals surface area (Å²) in [6.07, 6.45) is 0.146. The van der Waals surface area contributed by atoms with Gasteiger partial charge in [-0.15, -0.1) is 0 Å². The van der Waals surface area contributed by atoms with Crippen molar-refractivity contribution >= 4 is 11.4 Å². The fraction of sp³-hybridized carbons (Fsp3) is 0.571. The molecule has 1 N–H and O–H groups in total. The number of hydrogen-bond acceptors (Lipinski definition) is 3. The Hall–Kier alpha value is -1.72. The fourth-order valence-corrected chi connectivity index (χ4v) is 2.75. The van der Waals surface area contributed by atoms with Crippen LogP contribution in [0.4, 0.5) is 20.2 Å². The van der Waals surface area contributed by atoms with E-state index in [1.165, 1.54) is 12.1 Å². The minimum Gasteiger partial charge on any atom is -0.382 e. The van der Waals surface area contributed by atoms with Gasteiger partial charge in [0.25, 0.3) is 12.1 Å². The Morgan fingerprint density at radius 1 is 1.45 bits per heavy atom. The van der Waals surface area contributed by atoms with Crippen molar-refractivity contribution in [3.05, 3.63) is 33.9 Å². The molecule has 0 amide bonds. The van der Waals surface area contributed by atoms with E-state index in [0.29, 0.717) is 5.69 Å². The molecule has 1 fully saturated rings. The van der Waals surface area contributed by atoms with E-state index < -0.39 is 11.3 Å². The van der Waals surface area contributed by atoms with Gasteiger partial charge in [0.1, 0.15) is 0 Å². The van der Waals surface area contributed by atoms with Gasteiger partial charge in [0.2, 0.25) is 0 Å². The number of hydrogen-bond donors (Lipinski definition) is 1. The lowest BCUT2D eigenvalue weighted by molar-refractivity contribution is -0.385. The van der Waals surface area contributed by atoms with Gasteiger partial charge in [0.15, 0.2) is 0 Å². The lowest BCUT2D eigenvalue weighted by Crippen LogP contribution is -2.18. The first-order chi connectivity index (χ1) is 9.28. The van der Waals surface area contributed by atoms with Crippen molar-refractivity contribution in [1.82, 2.24) is 0 Å². The zero-order valence-electron chi connectivity index (χ0n) is 11.5. The lowest BCUT2D eigenvalue weighted by atomic mass is 9.92. The highest BCUT2D eigenvalue weighted by atomic mass is 19.3. The number of anilines is 1. The molecule has 0 saturated heterocycles. The Balaban J connectivity index is 2.21. The number of nitro groups is 1. The van der Waals surface area contributed by atoms with E-state index in [4.69, 9.17) is 0 Å². The zero-order chi connectivity index (χ0) is 14.9. The van der Waals surface area contributed by atoms with Crippen LogP contribution in [0.5, 0.6) is 0 Å². The van der Waals surface area contributed by atoms with Crippen LogP contribution in [0.25, 0.3) is 0 Å². The third-order valence-electron chi connectivity index (χ3n) is 3.81. The van der Waals surface area contributed by atoms with E-state index in [2.05, 4.69) is 19.2 Å². The average molecular weight is 284 g/mol. The number of rotatable bonds is 4. The van der Waals surface area contributed by atoms with Crippen LogP contribution in [0.3, 0.4) is 0 Å². The molecule has 1 atom stereocenters. The Morgan fingerprint density at radius 2 is 2.15 bits per heavy atom. The number of nitrogens with one attached hydrogen (secondary N) is 1. The highest BCUT2D eigenvalue weighted by Crippen LogP contribution is 2.39. The van der Waals surface area contributed by atoms with E-state index in [1.807, 2.05) is 0 Å². The molecule has 0 heterocycles. The molecule has 0 radical (unpaired) electrons. The smallest absolute Gasteiger partial charge is 0.270 e. The van der Waals surface area contributed by atoms with Crippen molar-refractivity contribution in [2.45, 2.75) is 45.6 Å². The number of non-ortho nitro benzene ring substituents is 1. The standard InChI is InChI=1S/C14H18F2N2O2/c1-14(2)6-5-9(8-14)17-12-4-3-10(18(19)20)7-11(12)13(15)16/h3-4,7,9,13,17H,5-6,8H2,1-2H3. The molecule has 6 heteroatoms. The molecule has 20 heavy (non-hydrogen) atoms. The minimum atomic E-state index is -2.73.